The first kappa shape index (κ1) is 13.4. The molecule has 17 heavy (non-hydrogen) atoms. The average Bonchev–Trinajstić information content (AvgIpc) is 2.37. The summed E-state index contributed by atoms with van der Waals surface area (Å²) in [6, 6.07) is 2.47. The van der Waals surface area contributed by atoms with Gasteiger partial charge in [0.05, 0.1) is 20.3 Å². The molecule has 0 aliphatic carbocycles. The number of aromatic hydroxyl groups is 1. The molecule has 0 spiro atoms. The summed E-state index contributed by atoms with van der Waals surface area (Å²) in [5, 5.41) is 36.5. The van der Waals surface area contributed by atoms with Crippen LogP contribution < -0.4 is 4.74 Å². The Morgan fingerprint density at radius 3 is 2.53 bits per heavy atom. The van der Waals surface area contributed by atoms with Crippen LogP contribution in [-0.2, 0) is 6.61 Å². The Balaban J connectivity index is 3.22. The summed E-state index contributed by atoms with van der Waals surface area (Å²) in [5.74, 6) is -0.949. The molecular weight excluding hydrogens is 228 g/mol. The van der Waals surface area contributed by atoms with Crippen LogP contribution in [0, 0.1) is 0 Å². The maximum Gasteiger partial charge on any atom is 0.193 e. The molecule has 0 amide bonds. The summed E-state index contributed by atoms with van der Waals surface area (Å²) in [6.07, 6.45) is -1.53. The molecule has 0 heterocycles. The van der Waals surface area contributed by atoms with Gasteiger partial charge in [0.2, 0.25) is 0 Å². The van der Waals surface area contributed by atoms with Gasteiger partial charge in [-0.3, -0.25) is 4.79 Å². The number of hydrogen-bond acceptors (Lipinski definition) is 6. The Kier molecular flexibility index (Phi) is 4.45. The van der Waals surface area contributed by atoms with Gasteiger partial charge in [-0.25, -0.2) is 0 Å². The molecule has 0 aromatic heterocycles. The lowest BCUT2D eigenvalue weighted by atomic mass is 10.0. The van der Waals surface area contributed by atoms with Crippen molar-refractivity contribution in [3.63, 3.8) is 0 Å². The van der Waals surface area contributed by atoms with Crippen LogP contribution in [0.2, 0.25) is 0 Å². The first-order valence-electron chi connectivity index (χ1n) is 4.89. The minimum atomic E-state index is -1.53. The SMILES string of the molecule is COc1cc(C(=O)C(O)CO)cc(CO)c1O. The molecule has 0 aliphatic heterocycles. The number of aliphatic hydroxyl groups is 3. The Bertz CT molecular complexity index is 389. The van der Waals surface area contributed by atoms with Crippen LogP contribution in [0.5, 0.6) is 11.5 Å². The maximum absolute atomic E-state index is 11.6. The molecule has 1 aromatic rings. The molecule has 0 aliphatic rings. The van der Waals surface area contributed by atoms with Crippen LogP contribution in [0.3, 0.4) is 0 Å². The van der Waals surface area contributed by atoms with Crippen LogP contribution in [0.4, 0.5) is 0 Å². The van der Waals surface area contributed by atoms with Crippen LogP contribution in [0.25, 0.3) is 0 Å². The Morgan fingerprint density at radius 1 is 1.41 bits per heavy atom. The summed E-state index contributed by atoms with van der Waals surface area (Å²) in [6.45, 7) is -1.17. The van der Waals surface area contributed by atoms with E-state index in [1.165, 1.54) is 19.2 Å². The molecule has 0 radical (unpaired) electrons. The van der Waals surface area contributed by atoms with Crippen molar-refractivity contribution in [1.29, 1.82) is 0 Å². The fourth-order valence-corrected chi connectivity index (χ4v) is 1.36. The van der Waals surface area contributed by atoms with Gasteiger partial charge >= 0.3 is 0 Å². The normalized spacial score (nSPS) is 12.2. The van der Waals surface area contributed by atoms with Gasteiger partial charge in [0.1, 0.15) is 6.10 Å². The number of ether oxygens (including phenoxy) is 1. The van der Waals surface area contributed by atoms with Crippen molar-refractivity contribution in [1.82, 2.24) is 0 Å². The summed E-state index contributed by atoms with van der Waals surface area (Å²) >= 11 is 0. The fourth-order valence-electron chi connectivity index (χ4n) is 1.36. The van der Waals surface area contributed by atoms with Crippen molar-refractivity contribution in [3.05, 3.63) is 23.3 Å². The van der Waals surface area contributed by atoms with E-state index in [1.807, 2.05) is 0 Å². The van der Waals surface area contributed by atoms with E-state index in [0.717, 1.165) is 0 Å². The van der Waals surface area contributed by atoms with Crippen molar-refractivity contribution >= 4 is 5.78 Å². The minimum Gasteiger partial charge on any atom is -0.504 e. The van der Waals surface area contributed by atoms with E-state index >= 15 is 0 Å². The molecule has 0 saturated heterocycles. The largest absolute Gasteiger partial charge is 0.504 e. The molecular formula is C11H14O6. The van der Waals surface area contributed by atoms with Crippen LogP contribution in [0.15, 0.2) is 12.1 Å². The summed E-state index contributed by atoms with van der Waals surface area (Å²) in [5.41, 5.74) is 0.156. The lowest BCUT2D eigenvalue weighted by Crippen LogP contribution is -2.24. The third-order valence-electron chi connectivity index (χ3n) is 2.30. The van der Waals surface area contributed by atoms with E-state index in [2.05, 4.69) is 0 Å². The average molecular weight is 242 g/mol. The zero-order chi connectivity index (χ0) is 13.0. The van der Waals surface area contributed by atoms with Gasteiger partial charge in [-0.05, 0) is 12.1 Å². The Morgan fingerprint density at radius 2 is 2.06 bits per heavy atom. The first-order chi connectivity index (χ1) is 8.04. The van der Waals surface area contributed by atoms with Gasteiger partial charge in [0.25, 0.3) is 0 Å². The van der Waals surface area contributed by atoms with E-state index in [1.54, 1.807) is 0 Å². The first-order valence-corrected chi connectivity index (χ1v) is 4.89. The monoisotopic (exact) mass is 242 g/mol. The van der Waals surface area contributed by atoms with Crippen molar-refractivity contribution in [2.24, 2.45) is 0 Å². The third-order valence-corrected chi connectivity index (χ3v) is 2.30. The molecule has 0 saturated carbocycles. The van der Waals surface area contributed by atoms with Crippen molar-refractivity contribution in [2.75, 3.05) is 13.7 Å². The number of methoxy groups -OCH3 is 1. The van der Waals surface area contributed by atoms with Gasteiger partial charge in [-0.2, -0.15) is 0 Å². The van der Waals surface area contributed by atoms with Crippen molar-refractivity contribution in [2.45, 2.75) is 12.7 Å². The lowest BCUT2D eigenvalue weighted by molar-refractivity contribution is 0.0587. The number of carbonyl (C=O) groups is 1. The van der Waals surface area contributed by atoms with Crippen LogP contribution in [-0.4, -0.2) is 46.0 Å². The Hall–Kier alpha value is -1.63. The van der Waals surface area contributed by atoms with Gasteiger partial charge in [0, 0.05) is 11.1 Å². The predicted octanol–water partition coefficient (Wildman–Crippen LogP) is -0.571. The number of Topliss-reactive ketones (excluding diaryl/α,β-unsaturated/α-hetero) is 1. The number of carbonyl (C=O) groups excluding carboxylic acids is 1. The summed E-state index contributed by atoms with van der Waals surface area (Å²) < 4.78 is 4.83. The highest BCUT2D eigenvalue weighted by atomic mass is 16.5. The third kappa shape index (κ3) is 2.73. The number of benzene rings is 1. The molecule has 4 N–H and O–H groups in total. The molecule has 6 nitrogen and oxygen atoms in total. The number of hydrogen-bond donors (Lipinski definition) is 4. The van der Waals surface area contributed by atoms with Crippen molar-refractivity contribution < 1.29 is 30.0 Å². The number of phenols is 1. The fraction of sp³-hybridized carbons (Fsp3) is 0.364. The van der Waals surface area contributed by atoms with E-state index < -0.39 is 25.1 Å². The lowest BCUT2D eigenvalue weighted by Gasteiger charge is -2.11. The molecule has 1 rings (SSSR count). The molecule has 0 fully saturated rings. The topological polar surface area (TPSA) is 107 Å². The second-order valence-corrected chi connectivity index (χ2v) is 3.41. The smallest absolute Gasteiger partial charge is 0.193 e. The highest BCUT2D eigenvalue weighted by Gasteiger charge is 2.19. The van der Waals surface area contributed by atoms with E-state index in [-0.39, 0.29) is 22.6 Å². The predicted molar refractivity (Wildman–Crippen MR) is 58.0 cm³/mol. The summed E-state index contributed by atoms with van der Waals surface area (Å²) in [4.78, 5) is 11.6. The van der Waals surface area contributed by atoms with Crippen molar-refractivity contribution in [3.8, 4) is 11.5 Å². The molecule has 1 atom stereocenters. The number of aliphatic hydroxyl groups excluding tert-OH is 3. The molecule has 1 unspecified atom stereocenters. The maximum atomic E-state index is 11.6. The minimum absolute atomic E-state index is 0.0186. The molecule has 6 heteroatoms. The molecule has 94 valence electrons. The second kappa shape index (κ2) is 5.62. The van der Waals surface area contributed by atoms with Crippen LogP contribution >= 0.6 is 0 Å². The highest BCUT2D eigenvalue weighted by molar-refractivity contribution is 6.00. The van der Waals surface area contributed by atoms with Crippen LogP contribution in [0.1, 0.15) is 15.9 Å². The highest BCUT2D eigenvalue weighted by Crippen LogP contribution is 2.31. The van der Waals surface area contributed by atoms with Gasteiger partial charge in [-0.1, -0.05) is 0 Å². The van der Waals surface area contributed by atoms with E-state index in [9.17, 15) is 15.0 Å². The number of ketones is 1. The molecule has 0 bridgehead atoms. The zero-order valence-electron chi connectivity index (χ0n) is 9.25. The zero-order valence-corrected chi connectivity index (χ0v) is 9.25. The van der Waals surface area contributed by atoms with Gasteiger partial charge in [-0.15, -0.1) is 0 Å². The summed E-state index contributed by atoms with van der Waals surface area (Å²) in [7, 11) is 1.30. The molecule has 1 aromatic carbocycles. The van der Waals surface area contributed by atoms with Gasteiger partial charge < -0.3 is 25.2 Å². The second-order valence-electron chi connectivity index (χ2n) is 3.41. The number of rotatable bonds is 5. The quantitative estimate of drug-likeness (QED) is 0.515. The van der Waals surface area contributed by atoms with Gasteiger partial charge in [0.15, 0.2) is 17.3 Å². The standard InChI is InChI=1S/C11H14O6/c1-17-9-3-6(10(15)8(14)5-13)2-7(4-12)11(9)16/h2-3,8,12-14,16H,4-5H2,1H3. The van der Waals surface area contributed by atoms with E-state index in [4.69, 9.17) is 14.9 Å². The Labute approximate surface area is 97.7 Å². The van der Waals surface area contributed by atoms with E-state index in [0.29, 0.717) is 0 Å².